The molecule has 5 heteroatoms. The highest BCUT2D eigenvalue weighted by molar-refractivity contribution is 5.91. The van der Waals surface area contributed by atoms with Crippen LogP contribution >= 0.6 is 0 Å². The number of hydrogen-bond donors (Lipinski definition) is 3. The predicted octanol–water partition coefficient (Wildman–Crippen LogP) is 0.0395. The van der Waals surface area contributed by atoms with Gasteiger partial charge in [-0.15, -0.1) is 0 Å². The molecule has 3 atom stereocenters. The fourth-order valence-electron chi connectivity index (χ4n) is 2.81. The summed E-state index contributed by atoms with van der Waals surface area (Å²) < 4.78 is 0. The summed E-state index contributed by atoms with van der Waals surface area (Å²) >= 11 is 0. The Kier molecular flexibility index (Phi) is 2.98. The minimum absolute atomic E-state index is 0.0903. The van der Waals surface area contributed by atoms with Gasteiger partial charge in [0.15, 0.2) is 0 Å². The fraction of sp³-hybridized carbons (Fsp3) is 0.429. The van der Waals surface area contributed by atoms with E-state index in [1.54, 1.807) is 0 Å². The SMILES string of the molecule is O=C1CCC(C(=O)NC2c3ccccc3CC2O)N1. The van der Waals surface area contributed by atoms with Crippen LogP contribution in [0.3, 0.4) is 0 Å². The number of carbonyl (C=O) groups excluding carboxylic acids is 2. The Bertz CT molecular complexity index is 529. The molecule has 2 aliphatic rings. The van der Waals surface area contributed by atoms with Crippen LogP contribution in [0.5, 0.6) is 0 Å². The fourth-order valence-corrected chi connectivity index (χ4v) is 2.81. The third-order valence-electron chi connectivity index (χ3n) is 3.81. The van der Waals surface area contributed by atoms with E-state index in [0.29, 0.717) is 19.3 Å². The van der Waals surface area contributed by atoms with Gasteiger partial charge in [-0.05, 0) is 17.5 Å². The van der Waals surface area contributed by atoms with Crippen molar-refractivity contribution in [3.05, 3.63) is 35.4 Å². The van der Waals surface area contributed by atoms with Gasteiger partial charge in [0.25, 0.3) is 0 Å². The van der Waals surface area contributed by atoms with Crippen LogP contribution in [0.15, 0.2) is 24.3 Å². The normalized spacial score (nSPS) is 28.9. The van der Waals surface area contributed by atoms with E-state index in [1.165, 1.54) is 0 Å². The lowest BCUT2D eigenvalue weighted by Crippen LogP contribution is -2.44. The van der Waals surface area contributed by atoms with Crippen molar-refractivity contribution in [2.45, 2.75) is 37.5 Å². The lowest BCUT2D eigenvalue weighted by Gasteiger charge is -2.20. The Hall–Kier alpha value is -1.88. The molecule has 2 amide bonds. The first-order chi connectivity index (χ1) is 9.15. The summed E-state index contributed by atoms with van der Waals surface area (Å²) in [5, 5.41) is 15.5. The van der Waals surface area contributed by atoms with E-state index < -0.39 is 12.1 Å². The first-order valence-corrected chi connectivity index (χ1v) is 6.51. The summed E-state index contributed by atoms with van der Waals surface area (Å²) in [6.45, 7) is 0. The number of amides is 2. The van der Waals surface area contributed by atoms with Crippen molar-refractivity contribution < 1.29 is 14.7 Å². The predicted molar refractivity (Wildman–Crippen MR) is 68.2 cm³/mol. The number of nitrogens with one attached hydrogen (secondary N) is 2. The van der Waals surface area contributed by atoms with E-state index in [2.05, 4.69) is 10.6 Å². The van der Waals surface area contributed by atoms with Crippen molar-refractivity contribution in [1.29, 1.82) is 0 Å². The molecular formula is C14H16N2O3. The molecule has 5 nitrogen and oxygen atoms in total. The van der Waals surface area contributed by atoms with Gasteiger partial charge in [0.1, 0.15) is 6.04 Å². The van der Waals surface area contributed by atoms with Crippen LogP contribution < -0.4 is 10.6 Å². The minimum Gasteiger partial charge on any atom is -0.390 e. The molecule has 0 saturated carbocycles. The van der Waals surface area contributed by atoms with Gasteiger partial charge >= 0.3 is 0 Å². The third kappa shape index (κ3) is 2.21. The molecule has 1 saturated heterocycles. The van der Waals surface area contributed by atoms with Crippen molar-refractivity contribution in [2.24, 2.45) is 0 Å². The van der Waals surface area contributed by atoms with Crippen LogP contribution in [0.1, 0.15) is 30.0 Å². The molecule has 3 rings (SSSR count). The molecule has 1 aromatic carbocycles. The second-order valence-corrected chi connectivity index (χ2v) is 5.12. The molecule has 3 unspecified atom stereocenters. The van der Waals surface area contributed by atoms with Crippen LogP contribution in [0, 0.1) is 0 Å². The first kappa shape index (κ1) is 12.2. The number of carbonyl (C=O) groups is 2. The molecule has 1 aromatic rings. The van der Waals surface area contributed by atoms with Crippen LogP contribution in [-0.2, 0) is 16.0 Å². The number of rotatable bonds is 2. The Morgan fingerprint density at radius 3 is 2.89 bits per heavy atom. The zero-order valence-corrected chi connectivity index (χ0v) is 10.4. The highest BCUT2D eigenvalue weighted by atomic mass is 16.3. The highest BCUT2D eigenvalue weighted by Gasteiger charge is 2.35. The molecule has 100 valence electrons. The van der Waals surface area contributed by atoms with Crippen molar-refractivity contribution in [3.8, 4) is 0 Å². The Morgan fingerprint density at radius 1 is 1.37 bits per heavy atom. The topological polar surface area (TPSA) is 78.4 Å². The summed E-state index contributed by atoms with van der Waals surface area (Å²) in [5.74, 6) is -0.306. The lowest BCUT2D eigenvalue weighted by molar-refractivity contribution is -0.126. The Labute approximate surface area is 111 Å². The van der Waals surface area contributed by atoms with Gasteiger partial charge in [-0.3, -0.25) is 9.59 Å². The number of hydrogen-bond acceptors (Lipinski definition) is 3. The minimum atomic E-state index is -0.599. The van der Waals surface area contributed by atoms with E-state index in [9.17, 15) is 14.7 Å². The third-order valence-corrected chi connectivity index (χ3v) is 3.81. The molecule has 1 fully saturated rings. The summed E-state index contributed by atoms with van der Waals surface area (Å²) in [5.41, 5.74) is 2.03. The molecule has 0 aromatic heterocycles. The summed E-state index contributed by atoms with van der Waals surface area (Å²) in [7, 11) is 0. The first-order valence-electron chi connectivity index (χ1n) is 6.51. The monoisotopic (exact) mass is 260 g/mol. The Balaban J connectivity index is 1.73. The van der Waals surface area contributed by atoms with E-state index in [-0.39, 0.29) is 17.9 Å². The summed E-state index contributed by atoms with van der Waals surface area (Å²) in [6.07, 6.45) is 0.869. The number of aliphatic hydroxyl groups excluding tert-OH is 1. The van der Waals surface area contributed by atoms with Gasteiger partial charge < -0.3 is 15.7 Å². The molecule has 1 aliphatic heterocycles. The van der Waals surface area contributed by atoms with Crippen molar-refractivity contribution in [1.82, 2.24) is 10.6 Å². The summed E-state index contributed by atoms with van der Waals surface area (Å²) in [6, 6.07) is 6.86. The van der Waals surface area contributed by atoms with Gasteiger partial charge in [0, 0.05) is 12.8 Å². The van der Waals surface area contributed by atoms with Crippen LogP contribution in [-0.4, -0.2) is 29.1 Å². The molecule has 0 radical (unpaired) electrons. The largest absolute Gasteiger partial charge is 0.390 e. The number of benzene rings is 1. The van der Waals surface area contributed by atoms with E-state index in [0.717, 1.165) is 11.1 Å². The van der Waals surface area contributed by atoms with Gasteiger partial charge in [0.2, 0.25) is 11.8 Å². The molecule has 3 N–H and O–H groups in total. The van der Waals surface area contributed by atoms with Crippen LogP contribution in [0.25, 0.3) is 0 Å². The number of fused-ring (bicyclic) bond motifs is 1. The highest BCUT2D eigenvalue weighted by Crippen LogP contribution is 2.31. The maximum absolute atomic E-state index is 12.1. The van der Waals surface area contributed by atoms with Crippen LogP contribution in [0.4, 0.5) is 0 Å². The summed E-state index contributed by atoms with van der Waals surface area (Å²) in [4.78, 5) is 23.2. The lowest BCUT2D eigenvalue weighted by atomic mass is 10.1. The van der Waals surface area contributed by atoms with Gasteiger partial charge in [-0.2, -0.15) is 0 Å². The van der Waals surface area contributed by atoms with E-state index >= 15 is 0 Å². The molecule has 1 aliphatic carbocycles. The van der Waals surface area contributed by atoms with Gasteiger partial charge in [-0.25, -0.2) is 0 Å². The second-order valence-electron chi connectivity index (χ2n) is 5.12. The average molecular weight is 260 g/mol. The van der Waals surface area contributed by atoms with E-state index in [4.69, 9.17) is 0 Å². The standard InChI is InChI=1S/C14H16N2O3/c17-11-7-8-3-1-2-4-9(8)13(11)16-14(19)10-5-6-12(18)15-10/h1-4,10-11,13,17H,5-7H2,(H,15,18)(H,16,19). The van der Waals surface area contributed by atoms with Gasteiger partial charge in [-0.1, -0.05) is 24.3 Å². The Morgan fingerprint density at radius 2 is 2.16 bits per heavy atom. The van der Waals surface area contributed by atoms with Crippen molar-refractivity contribution >= 4 is 11.8 Å². The molecule has 19 heavy (non-hydrogen) atoms. The van der Waals surface area contributed by atoms with Crippen molar-refractivity contribution in [2.75, 3.05) is 0 Å². The molecule has 1 heterocycles. The quantitative estimate of drug-likeness (QED) is 0.702. The smallest absolute Gasteiger partial charge is 0.243 e. The maximum Gasteiger partial charge on any atom is 0.243 e. The molecule has 0 bridgehead atoms. The van der Waals surface area contributed by atoms with E-state index in [1.807, 2.05) is 24.3 Å². The zero-order chi connectivity index (χ0) is 13.4. The van der Waals surface area contributed by atoms with Crippen molar-refractivity contribution in [3.63, 3.8) is 0 Å². The second kappa shape index (κ2) is 4.66. The van der Waals surface area contributed by atoms with Crippen LogP contribution in [0.2, 0.25) is 0 Å². The molecular weight excluding hydrogens is 244 g/mol. The van der Waals surface area contributed by atoms with Gasteiger partial charge in [0.05, 0.1) is 12.1 Å². The average Bonchev–Trinajstić information content (AvgIpc) is 2.95. The zero-order valence-electron chi connectivity index (χ0n) is 10.4. The molecule has 0 spiro atoms. The number of aliphatic hydroxyl groups is 1. The maximum atomic E-state index is 12.1.